The van der Waals surface area contributed by atoms with E-state index in [0.29, 0.717) is 29.2 Å². The van der Waals surface area contributed by atoms with Crippen molar-refractivity contribution in [3.63, 3.8) is 0 Å². The fourth-order valence-electron chi connectivity index (χ4n) is 3.55. The first kappa shape index (κ1) is 18.2. The monoisotopic (exact) mass is 381 g/mol. The lowest BCUT2D eigenvalue weighted by Gasteiger charge is -2.18. The third kappa shape index (κ3) is 3.02. The molecule has 0 spiro atoms. The summed E-state index contributed by atoms with van der Waals surface area (Å²) in [4.78, 5) is 25.0. The van der Waals surface area contributed by atoms with E-state index >= 15 is 0 Å². The lowest BCUT2D eigenvalue weighted by Crippen LogP contribution is -2.31. The highest BCUT2D eigenvalue weighted by Crippen LogP contribution is 2.37. The number of hydrogen-bond donors (Lipinski definition) is 3. The Kier molecular flexibility index (Phi) is 4.58. The van der Waals surface area contributed by atoms with Crippen molar-refractivity contribution in [2.45, 2.75) is 31.6 Å². The van der Waals surface area contributed by atoms with Crippen molar-refractivity contribution < 1.29 is 19.4 Å². The van der Waals surface area contributed by atoms with Crippen LogP contribution in [0.2, 0.25) is 0 Å². The number of carbonyl (C=O) groups excluding carboxylic acids is 1. The summed E-state index contributed by atoms with van der Waals surface area (Å²) < 4.78 is 6.87. The Morgan fingerprint density at radius 2 is 2.14 bits per heavy atom. The molecule has 0 aliphatic heterocycles. The first-order valence-corrected chi connectivity index (χ1v) is 8.84. The molecular weight excluding hydrogens is 362 g/mol. The molecule has 28 heavy (non-hydrogen) atoms. The predicted octanol–water partition coefficient (Wildman–Crippen LogP) is 0.733. The number of imidazole rings is 1. The van der Waals surface area contributed by atoms with E-state index in [9.17, 15) is 15.0 Å². The number of hydrogen-bond acceptors (Lipinski definition) is 8. The second-order valence-corrected chi connectivity index (χ2v) is 6.70. The van der Waals surface area contributed by atoms with Gasteiger partial charge in [0, 0.05) is 13.0 Å². The zero-order chi connectivity index (χ0) is 19.8. The Morgan fingerprint density at radius 3 is 2.79 bits per heavy atom. The van der Waals surface area contributed by atoms with Crippen LogP contribution in [0.5, 0.6) is 0 Å². The summed E-state index contributed by atoms with van der Waals surface area (Å²) in [5, 5.41) is 23.7. The molecule has 0 amide bonds. The molecule has 0 radical (unpaired) electrons. The number of aromatic nitrogens is 4. The van der Waals surface area contributed by atoms with Crippen molar-refractivity contribution in [2.24, 2.45) is 5.92 Å². The van der Waals surface area contributed by atoms with Gasteiger partial charge in [0.1, 0.15) is 11.9 Å². The average Bonchev–Trinajstić information content (AvgIpc) is 3.40. The summed E-state index contributed by atoms with van der Waals surface area (Å²) in [6.07, 6.45) is 1.14. The number of aliphatic hydroxyl groups is 2. The number of nitrogens with zero attached hydrogens (tertiary/aromatic N) is 4. The van der Waals surface area contributed by atoms with E-state index in [1.165, 1.54) is 19.5 Å². The van der Waals surface area contributed by atoms with Gasteiger partial charge in [0.05, 0.1) is 24.7 Å². The average molecular weight is 381 g/mol. The Hall–Kier alpha value is -3.22. The van der Waals surface area contributed by atoms with Crippen LogP contribution in [0.25, 0.3) is 11.2 Å². The third-order valence-corrected chi connectivity index (χ3v) is 5.01. The Balaban J connectivity index is 1.78. The van der Waals surface area contributed by atoms with Crippen LogP contribution in [0.4, 0.5) is 5.82 Å². The van der Waals surface area contributed by atoms with Gasteiger partial charge >= 0.3 is 0 Å². The van der Waals surface area contributed by atoms with Crippen LogP contribution in [0.3, 0.4) is 0 Å². The minimum absolute atomic E-state index is 0.158. The highest BCUT2D eigenvalue weighted by atomic mass is 16.3. The highest BCUT2D eigenvalue weighted by Gasteiger charge is 2.45. The van der Waals surface area contributed by atoms with E-state index in [1.807, 2.05) is 0 Å². The first-order valence-electron chi connectivity index (χ1n) is 8.84. The first-order chi connectivity index (χ1) is 13.5. The van der Waals surface area contributed by atoms with Gasteiger partial charge in [-0.1, -0.05) is 0 Å². The molecule has 0 aromatic carbocycles. The second kappa shape index (κ2) is 7.07. The van der Waals surface area contributed by atoms with Crippen LogP contribution < -0.4 is 5.32 Å². The van der Waals surface area contributed by atoms with Gasteiger partial charge in [0.25, 0.3) is 0 Å². The zero-order valence-electron chi connectivity index (χ0n) is 15.3. The maximum atomic E-state index is 11.8. The molecule has 3 aromatic heterocycles. The number of rotatable bonds is 3. The summed E-state index contributed by atoms with van der Waals surface area (Å²) in [6, 6.07) is 2.94. The molecule has 3 N–H and O–H groups in total. The molecule has 3 aromatic rings. The lowest BCUT2D eigenvalue weighted by molar-refractivity contribution is -0.124. The third-order valence-electron chi connectivity index (χ3n) is 5.01. The molecule has 1 unspecified atom stereocenters. The summed E-state index contributed by atoms with van der Waals surface area (Å²) >= 11 is 0. The number of fused-ring (bicyclic) bond motifs is 1. The van der Waals surface area contributed by atoms with Crippen LogP contribution in [0.1, 0.15) is 31.0 Å². The maximum Gasteiger partial charge on any atom is 0.209 e. The molecule has 4 atom stereocenters. The van der Waals surface area contributed by atoms with Crippen LogP contribution in [0, 0.1) is 17.8 Å². The summed E-state index contributed by atoms with van der Waals surface area (Å²) in [5.74, 6) is 6.15. The number of furan rings is 1. The van der Waals surface area contributed by atoms with Crippen molar-refractivity contribution in [1.82, 2.24) is 19.5 Å². The molecule has 3 heterocycles. The van der Waals surface area contributed by atoms with Crippen molar-refractivity contribution in [3.8, 4) is 11.8 Å². The van der Waals surface area contributed by atoms with Gasteiger partial charge in [-0.15, -0.1) is 0 Å². The quantitative estimate of drug-likeness (QED) is 0.567. The van der Waals surface area contributed by atoms with Crippen LogP contribution in [-0.2, 0) is 4.79 Å². The van der Waals surface area contributed by atoms with Gasteiger partial charge in [-0.05, 0) is 37.3 Å². The van der Waals surface area contributed by atoms with E-state index in [1.54, 1.807) is 23.7 Å². The maximum absolute atomic E-state index is 11.8. The molecule has 0 bridgehead atoms. The molecule has 9 nitrogen and oxygen atoms in total. The molecule has 0 saturated heterocycles. The van der Waals surface area contributed by atoms with Gasteiger partial charge in [-0.2, -0.15) is 0 Å². The molecule has 9 heteroatoms. The van der Waals surface area contributed by atoms with E-state index in [0.717, 1.165) is 0 Å². The molecule has 1 saturated carbocycles. The number of nitrogens with one attached hydrogen (secondary N) is 1. The largest absolute Gasteiger partial charge is 0.456 e. The number of aliphatic hydroxyl groups excluding tert-OH is 2. The smallest absolute Gasteiger partial charge is 0.209 e. The number of anilines is 1. The zero-order valence-corrected chi connectivity index (χ0v) is 15.3. The minimum Gasteiger partial charge on any atom is -0.456 e. The molecule has 144 valence electrons. The lowest BCUT2D eigenvalue weighted by atomic mass is 10.0. The number of ketones is 1. The fraction of sp³-hybridized carbons (Fsp3) is 0.368. The van der Waals surface area contributed by atoms with Crippen LogP contribution >= 0.6 is 0 Å². The predicted molar refractivity (Wildman–Crippen MR) is 99.4 cm³/mol. The van der Waals surface area contributed by atoms with E-state index in [2.05, 4.69) is 32.1 Å². The summed E-state index contributed by atoms with van der Waals surface area (Å²) in [5.41, 5.74) is 0.975. The van der Waals surface area contributed by atoms with Crippen LogP contribution in [0.15, 0.2) is 29.1 Å². The molecule has 1 aliphatic carbocycles. The van der Waals surface area contributed by atoms with Gasteiger partial charge in [-0.25, -0.2) is 15.0 Å². The van der Waals surface area contributed by atoms with Crippen LogP contribution in [-0.4, -0.2) is 54.8 Å². The number of carbonyl (C=O) groups is 1. The minimum atomic E-state index is -1.12. The Labute approximate surface area is 160 Å². The summed E-state index contributed by atoms with van der Waals surface area (Å²) in [7, 11) is 1.71. The molecular formula is C19H19N5O4. The molecule has 1 aliphatic rings. The number of Topliss-reactive ketones (excluding diaryl/α,β-unsaturated/α-hetero) is 1. The van der Waals surface area contributed by atoms with Gasteiger partial charge in [0.15, 0.2) is 22.7 Å². The Bertz CT molecular complexity index is 1080. The normalized spacial score (nSPS) is 24.1. The second-order valence-electron chi connectivity index (χ2n) is 6.70. The van der Waals surface area contributed by atoms with Gasteiger partial charge in [-0.3, -0.25) is 4.79 Å². The SMILES string of the molecule is CNc1nc(C#Cc2ccco2)nc2c1ncn2[C@@H]1C[C@H](C(C)=O)C(O)[C@H]1O. The van der Waals surface area contributed by atoms with Gasteiger partial charge < -0.3 is 24.5 Å². The van der Waals surface area contributed by atoms with E-state index in [4.69, 9.17) is 4.42 Å². The van der Waals surface area contributed by atoms with Crippen molar-refractivity contribution in [1.29, 1.82) is 0 Å². The van der Waals surface area contributed by atoms with Crippen molar-refractivity contribution in [3.05, 3.63) is 36.3 Å². The van der Waals surface area contributed by atoms with E-state index < -0.39 is 24.2 Å². The van der Waals surface area contributed by atoms with E-state index in [-0.39, 0.29) is 11.6 Å². The molecule has 1 fully saturated rings. The Morgan fingerprint density at radius 1 is 1.32 bits per heavy atom. The topological polar surface area (TPSA) is 126 Å². The van der Waals surface area contributed by atoms with Crippen molar-refractivity contribution in [2.75, 3.05) is 12.4 Å². The fourth-order valence-corrected chi connectivity index (χ4v) is 3.55. The highest BCUT2D eigenvalue weighted by molar-refractivity contribution is 5.83. The summed E-state index contributed by atoms with van der Waals surface area (Å²) in [6.45, 7) is 1.42. The molecule has 4 rings (SSSR count). The standard InChI is InChI=1S/C19H19N5O4/c1-10(25)12-8-13(17(27)16(12)26)24-9-21-15-18(20-2)22-14(23-19(15)24)6-5-11-4-3-7-28-11/h3-4,7,9,12-13,16-17,26-27H,8H2,1-2H3,(H,20,22,23)/t12-,13-,16?,17+/m1/s1. The van der Waals surface area contributed by atoms with Crippen molar-refractivity contribution >= 4 is 22.8 Å². The van der Waals surface area contributed by atoms with Gasteiger partial charge in [0.2, 0.25) is 5.82 Å².